The maximum absolute atomic E-state index is 11.2. The summed E-state index contributed by atoms with van der Waals surface area (Å²) >= 11 is 1.67. The van der Waals surface area contributed by atoms with Gasteiger partial charge in [-0.3, -0.25) is 4.79 Å². The summed E-state index contributed by atoms with van der Waals surface area (Å²) in [4.78, 5) is 23.6. The van der Waals surface area contributed by atoms with Crippen molar-refractivity contribution >= 4 is 23.6 Å². The molecule has 1 atom stereocenters. The van der Waals surface area contributed by atoms with E-state index in [2.05, 4.69) is 0 Å². The number of thioether (sulfide) groups is 1. The zero-order chi connectivity index (χ0) is 11.0. The second-order valence-corrected chi connectivity index (χ2v) is 4.98. The van der Waals surface area contributed by atoms with Crippen LogP contribution in [0.25, 0.3) is 0 Å². The van der Waals surface area contributed by atoms with Crippen LogP contribution in [0, 0.1) is 0 Å². The van der Waals surface area contributed by atoms with Gasteiger partial charge >= 0.3 is 29.6 Å². The van der Waals surface area contributed by atoms with E-state index in [1.165, 1.54) is 4.90 Å². The van der Waals surface area contributed by atoms with E-state index < -0.39 is 5.97 Å². The third-order valence-corrected chi connectivity index (χ3v) is 3.74. The molecule has 2 aliphatic heterocycles. The summed E-state index contributed by atoms with van der Waals surface area (Å²) in [6.45, 7) is 2.03. The summed E-state index contributed by atoms with van der Waals surface area (Å²) in [6.07, 6.45) is 1.19. The number of amides is 1. The predicted molar refractivity (Wildman–Crippen MR) is 54.9 cm³/mol. The largest absolute Gasteiger partial charge is 1.00 e. The van der Waals surface area contributed by atoms with Crippen LogP contribution in [-0.4, -0.2) is 34.3 Å². The average Bonchev–Trinajstić information content (AvgIpc) is 2.47. The molecule has 0 aromatic heterocycles. The minimum Gasteiger partial charge on any atom is -0.543 e. The molecule has 4 nitrogen and oxygen atoms in total. The fourth-order valence-electron chi connectivity index (χ4n) is 2.10. The van der Waals surface area contributed by atoms with Crippen molar-refractivity contribution in [2.24, 2.45) is 0 Å². The number of nitrogens with zero attached hydrogens (tertiary/aromatic N) is 1. The Balaban J connectivity index is 0.00000128. The van der Waals surface area contributed by atoms with Gasteiger partial charge in [-0.15, -0.1) is 0 Å². The van der Waals surface area contributed by atoms with Gasteiger partial charge in [-0.25, -0.2) is 0 Å². The SMILES string of the molecule is CCSCC1=C(C(=O)[O-])N2C(=O)CC2C1.[Na+]. The Morgan fingerprint density at radius 2 is 2.25 bits per heavy atom. The molecule has 2 heterocycles. The molecule has 6 heteroatoms. The standard InChI is InChI=1S/C10H13NO3S.Na/c1-2-15-5-6-3-7-4-8(12)11(7)9(6)10(13)14;/h7H,2-5H2,1H3,(H,13,14);/q;+1/p-1. The van der Waals surface area contributed by atoms with Crippen molar-refractivity contribution in [1.29, 1.82) is 0 Å². The van der Waals surface area contributed by atoms with Gasteiger partial charge in [0.1, 0.15) is 0 Å². The molecule has 0 radical (unpaired) electrons. The molecule has 0 saturated carbocycles. The van der Waals surface area contributed by atoms with Crippen molar-refractivity contribution in [1.82, 2.24) is 4.90 Å². The molecular formula is C10H12NNaO3S. The van der Waals surface area contributed by atoms with E-state index in [1.807, 2.05) is 6.92 Å². The summed E-state index contributed by atoms with van der Waals surface area (Å²) in [5, 5.41) is 10.9. The van der Waals surface area contributed by atoms with E-state index in [9.17, 15) is 14.7 Å². The van der Waals surface area contributed by atoms with Gasteiger partial charge in [-0.1, -0.05) is 6.92 Å². The third kappa shape index (κ3) is 2.32. The topological polar surface area (TPSA) is 60.4 Å². The zero-order valence-electron chi connectivity index (χ0n) is 9.49. The smallest absolute Gasteiger partial charge is 0.543 e. The van der Waals surface area contributed by atoms with E-state index in [4.69, 9.17) is 0 Å². The Kier molecular flexibility index (Phi) is 4.91. The number of carboxylic acid groups (broad SMARTS) is 1. The minimum atomic E-state index is -1.21. The average molecular weight is 249 g/mol. The fourth-order valence-corrected chi connectivity index (χ4v) is 2.80. The van der Waals surface area contributed by atoms with E-state index >= 15 is 0 Å². The second-order valence-electron chi connectivity index (χ2n) is 3.70. The number of carbonyl (C=O) groups is 2. The van der Waals surface area contributed by atoms with Gasteiger partial charge in [0.15, 0.2) is 0 Å². The van der Waals surface area contributed by atoms with Gasteiger partial charge in [0.2, 0.25) is 5.91 Å². The summed E-state index contributed by atoms with van der Waals surface area (Å²) in [5.41, 5.74) is 0.995. The molecule has 0 N–H and O–H groups in total. The van der Waals surface area contributed by atoms with E-state index in [0.29, 0.717) is 18.6 Å². The van der Waals surface area contributed by atoms with Crippen molar-refractivity contribution in [3.63, 3.8) is 0 Å². The summed E-state index contributed by atoms with van der Waals surface area (Å²) < 4.78 is 0. The van der Waals surface area contributed by atoms with Crippen molar-refractivity contribution in [2.75, 3.05) is 11.5 Å². The molecule has 0 spiro atoms. The van der Waals surface area contributed by atoms with Crippen LogP contribution < -0.4 is 34.7 Å². The third-order valence-electron chi connectivity index (χ3n) is 2.78. The Bertz CT molecular complexity index is 356. The van der Waals surface area contributed by atoms with Gasteiger partial charge in [-0.2, -0.15) is 11.8 Å². The summed E-state index contributed by atoms with van der Waals surface area (Å²) in [5.74, 6) is 0.343. The second kappa shape index (κ2) is 5.58. The van der Waals surface area contributed by atoms with Crippen molar-refractivity contribution in [2.45, 2.75) is 25.8 Å². The van der Waals surface area contributed by atoms with Crippen molar-refractivity contribution < 1.29 is 44.3 Å². The number of aliphatic carboxylic acids is 1. The van der Waals surface area contributed by atoms with Crippen LogP contribution >= 0.6 is 11.8 Å². The molecule has 1 unspecified atom stereocenters. The maximum Gasteiger partial charge on any atom is 1.00 e. The Labute approximate surface area is 121 Å². The molecule has 82 valence electrons. The number of fused-ring (bicyclic) bond motifs is 1. The molecule has 2 rings (SSSR count). The molecule has 0 bridgehead atoms. The Morgan fingerprint density at radius 3 is 2.75 bits per heavy atom. The van der Waals surface area contributed by atoms with Crippen LogP contribution in [0.15, 0.2) is 11.3 Å². The van der Waals surface area contributed by atoms with Gasteiger partial charge in [0.05, 0.1) is 11.7 Å². The number of β-lactam (4-membered cyclic amide) rings is 1. The van der Waals surface area contributed by atoms with Crippen LogP contribution in [0.4, 0.5) is 0 Å². The van der Waals surface area contributed by atoms with E-state index in [-0.39, 0.29) is 47.2 Å². The molecule has 0 aliphatic carbocycles. The van der Waals surface area contributed by atoms with Crippen LogP contribution in [-0.2, 0) is 9.59 Å². The molecule has 1 amide bonds. The monoisotopic (exact) mass is 249 g/mol. The molecule has 16 heavy (non-hydrogen) atoms. The molecule has 1 fully saturated rings. The predicted octanol–water partition coefficient (Wildman–Crippen LogP) is -3.25. The first-order chi connectivity index (χ1) is 7.15. The Hall–Kier alpha value is 0.0300. The Morgan fingerprint density at radius 1 is 1.56 bits per heavy atom. The van der Waals surface area contributed by atoms with Crippen LogP contribution in [0.3, 0.4) is 0 Å². The number of carbonyl (C=O) groups excluding carboxylic acids is 2. The first-order valence-electron chi connectivity index (χ1n) is 4.98. The fraction of sp³-hybridized carbons (Fsp3) is 0.600. The molecule has 0 aromatic rings. The molecule has 2 aliphatic rings. The molecule has 0 aromatic carbocycles. The van der Waals surface area contributed by atoms with Gasteiger partial charge < -0.3 is 14.8 Å². The quantitative estimate of drug-likeness (QED) is 0.388. The van der Waals surface area contributed by atoms with E-state index in [1.54, 1.807) is 11.8 Å². The van der Waals surface area contributed by atoms with Gasteiger partial charge in [0, 0.05) is 18.2 Å². The van der Waals surface area contributed by atoms with E-state index in [0.717, 1.165) is 11.3 Å². The first kappa shape index (κ1) is 14.1. The molecule has 1 saturated heterocycles. The van der Waals surface area contributed by atoms with Crippen LogP contribution in [0.2, 0.25) is 0 Å². The summed E-state index contributed by atoms with van der Waals surface area (Å²) in [7, 11) is 0. The molecular weight excluding hydrogens is 237 g/mol. The normalized spacial score (nSPS) is 22.7. The number of hydrogen-bond donors (Lipinski definition) is 0. The van der Waals surface area contributed by atoms with Crippen molar-refractivity contribution in [3.05, 3.63) is 11.3 Å². The zero-order valence-corrected chi connectivity index (χ0v) is 12.3. The first-order valence-corrected chi connectivity index (χ1v) is 6.13. The van der Waals surface area contributed by atoms with Gasteiger partial charge in [0.25, 0.3) is 0 Å². The number of hydrogen-bond acceptors (Lipinski definition) is 4. The van der Waals surface area contributed by atoms with Crippen LogP contribution in [0.5, 0.6) is 0 Å². The maximum atomic E-state index is 11.2. The number of carboxylic acids is 1. The van der Waals surface area contributed by atoms with Gasteiger partial charge in [-0.05, 0) is 17.7 Å². The van der Waals surface area contributed by atoms with Crippen molar-refractivity contribution in [3.8, 4) is 0 Å². The van der Waals surface area contributed by atoms with Crippen LogP contribution in [0.1, 0.15) is 19.8 Å². The minimum absolute atomic E-state index is 0. The number of rotatable bonds is 4. The summed E-state index contributed by atoms with van der Waals surface area (Å²) in [6, 6.07) is 0.0952.